The van der Waals surface area contributed by atoms with Crippen LogP contribution >= 0.6 is 0 Å². The van der Waals surface area contributed by atoms with Gasteiger partial charge in [0.15, 0.2) is 5.78 Å². The fourth-order valence-corrected chi connectivity index (χ4v) is 3.64. The predicted molar refractivity (Wildman–Crippen MR) is 135 cm³/mol. The summed E-state index contributed by atoms with van der Waals surface area (Å²) >= 11 is 0. The molecule has 3 rings (SSSR count). The van der Waals surface area contributed by atoms with Crippen LogP contribution in [0.2, 0.25) is 0 Å². The predicted octanol–water partition coefficient (Wildman–Crippen LogP) is 5.87. The lowest BCUT2D eigenvalue weighted by Crippen LogP contribution is -2.39. The van der Waals surface area contributed by atoms with Gasteiger partial charge in [-0.3, -0.25) is 14.2 Å². The summed E-state index contributed by atoms with van der Waals surface area (Å²) in [5, 5.41) is 0.823. The second-order valence-corrected chi connectivity index (χ2v) is 9.64. The van der Waals surface area contributed by atoms with Crippen LogP contribution in [-0.2, 0) is 9.53 Å². The number of nitrogens with zero attached hydrogens (tertiary/aromatic N) is 2. The Balaban J connectivity index is 1.85. The molecule has 0 unspecified atom stereocenters. The van der Waals surface area contributed by atoms with Crippen LogP contribution in [0.5, 0.6) is 0 Å². The largest absolute Gasteiger partial charge is 0.443 e. The average molecular weight is 461 g/mol. The molecule has 1 heterocycles. The van der Waals surface area contributed by atoms with Crippen LogP contribution in [-0.4, -0.2) is 45.4 Å². The van der Waals surface area contributed by atoms with Crippen LogP contribution in [0.3, 0.4) is 0 Å². The van der Waals surface area contributed by atoms with Gasteiger partial charge in [-0.15, -0.1) is 0 Å². The third kappa shape index (κ3) is 6.01. The van der Waals surface area contributed by atoms with Crippen molar-refractivity contribution in [1.29, 1.82) is 0 Å². The highest BCUT2D eigenvalue weighted by molar-refractivity contribution is 6.03. The van der Waals surface area contributed by atoms with Crippen molar-refractivity contribution in [1.82, 2.24) is 9.47 Å². The number of carbonyl (C=O) groups is 3. The number of amides is 1. The molecule has 1 amide bonds. The van der Waals surface area contributed by atoms with Crippen LogP contribution in [0.4, 0.5) is 4.79 Å². The molecule has 34 heavy (non-hydrogen) atoms. The van der Waals surface area contributed by atoms with Crippen molar-refractivity contribution in [3.63, 3.8) is 0 Å². The lowest BCUT2D eigenvalue weighted by atomic mass is 10.1. The summed E-state index contributed by atoms with van der Waals surface area (Å²) in [6, 6.07) is 14.6. The summed E-state index contributed by atoms with van der Waals surface area (Å²) in [7, 11) is 0. The molecule has 3 aromatic rings. The Morgan fingerprint density at radius 1 is 1.06 bits per heavy atom. The fourth-order valence-electron chi connectivity index (χ4n) is 3.64. The molecule has 0 saturated carbocycles. The van der Waals surface area contributed by atoms with Gasteiger partial charge in [0.25, 0.3) is 0 Å². The van der Waals surface area contributed by atoms with Gasteiger partial charge in [0, 0.05) is 34.8 Å². The molecule has 0 radical (unpaired) electrons. The Morgan fingerprint density at radius 3 is 2.41 bits per heavy atom. The summed E-state index contributed by atoms with van der Waals surface area (Å²) in [6.45, 7) is 11.1. The Kier molecular flexibility index (Phi) is 7.40. The van der Waals surface area contributed by atoms with E-state index in [2.05, 4.69) is 0 Å². The first-order valence-corrected chi connectivity index (χ1v) is 11.4. The zero-order valence-electron chi connectivity index (χ0n) is 20.7. The number of hydrogen-bond donors (Lipinski definition) is 0. The molecule has 0 aliphatic rings. The SMILES string of the molecule is Cc1cccc(C(=O)CN(C(=O)/C=C/c2cn(C(=O)OC(C)(C)C)c3ccccc23)C(C)C)c1. The molecule has 6 heteroatoms. The maximum atomic E-state index is 13.0. The molecule has 0 atom stereocenters. The first kappa shape index (κ1) is 25.0. The van der Waals surface area contributed by atoms with Crippen molar-refractivity contribution in [3.8, 4) is 0 Å². The first-order valence-electron chi connectivity index (χ1n) is 11.4. The number of rotatable bonds is 6. The Labute approximate surface area is 200 Å². The van der Waals surface area contributed by atoms with E-state index in [0.29, 0.717) is 16.6 Å². The van der Waals surface area contributed by atoms with E-state index in [1.54, 1.807) is 18.3 Å². The van der Waals surface area contributed by atoms with Gasteiger partial charge in [-0.2, -0.15) is 0 Å². The normalized spacial score (nSPS) is 11.9. The topological polar surface area (TPSA) is 68.6 Å². The van der Waals surface area contributed by atoms with Crippen LogP contribution in [0, 0.1) is 6.92 Å². The lowest BCUT2D eigenvalue weighted by Gasteiger charge is -2.24. The Bertz CT molecular complexity index is 1240. The van der Waals surface area contributed by atoms with Gasteiger partial charge >= 0.3 is 6.09 Å². The maximum Gasteiger partial charge on any atom is 0.419 e. The molecule has 0 aliphatic carbocycles. The summed E-state index contributed by atoms with van der Waals surface area (Å²) in [6.07, 6.45) is 4.31. The Morgan fingerprint density at radius 2 is 1.76 bits per heavy atom. The number of ether oxygens (including phenoxy) is 1. The van der Waals surface area contributed by atoms with E-state index in [9.17, 15) is 14.4 Å². The van der Waals surface area contributed by atoms with Gasteiger partial charge in [0.2, 0.25) is 5.91 Å². The molecule has 0 aliphatic heterocycles. The third-order valence-corrected chi connectivity index (χ3v) is 5.30. The van der Waals surface area contributed by atoms with Crippen molar-refractivity contribution in [2.24, 2.45) is 0 Å². The van der Waals surface area contributed by atoms with Crippen LogP contribution in [0.1, 0.15) is 56.1 Å². The van der Waals surface area contributed by atoms with E-state index in [0.717, 1.165) is 10.9 Å². The molecule has 1 aromatic heterocycles. The summed E-state index contributed by atoms with van der Waals surface area (Å²) in [5.74, 6) is -0.384. The first-order chi connectivity index (χ1) is 16.0. The molecule has 2 aromatic carbocycles. The molecule has 178 valence electrons. The number of Topliss-reactive ketones (excluding diaryl/α,β-unsaturated/α-hetero) is 1. The number of fused-ring (bicyclic) bond motifs is 1. The number of para-hydroxylation sites is 1. The number of carbonyl (C=O) groups excluding carboxylic acids is 3. The highest BCUT2D eigenvalue weighted by Gasteiger charge is 2.21. The van der Waals surface area contributed by atoms with Crippen LogP contribution < -0.4 is 0 Å². The quantitative estimate of drug-likeness (QED) is 0.341. The van der Waals surface area contributed by atoms with E-state index in [-0.39, 0.29) is 24.3 Å². The van der Waals surface area contributed by atoms with Crippen molar-refractivity contribution >= 4 is 34.8 Å². The molecule has 0 bridgehead atoms. The van der Waals surface area contributed by atoms with E-state index in [1.807, 2.05) is 84.0 Å². The van der Waals surface area contributed by atoms with E-state index in [4.69, 9.17) is 4.74 Å². The fraction of sp³-hybridized carbons (Fsp3) is 0.321. The minimum absolute atomic E-state index is 0.00996. The molecule has 0 fully saturated rings. The van der Waals surface area contributed by atoms with E-state index in [1.165, 1.54) is 15.5 Å². The average Bonchev–Trinajstić information content (AvgIpc) is 3.13. The standard InChI is InChI=1S/C28H32N2O4/c1-19(2)29(18-25(31)21-11-9-10-20(3)16-21)26(32)15-14-22-17-30(27(33)34-28(4,5)6)24-13-8-7-12-23(22)24/h7-17,19H,18H2,1-6H3/b15-14+. The second-order valence-electron chi connectivity index (χ2n) is 9.64. The number of benzene rings is 2. The van der Waals surface area contributed by atoms with Gasteiger partial charge in [-0.25, -0.2) is 4.79 Å². The smallest absolute Gasteiger partial charge is 0.419 e. The second kappa shape index (κ2) is 10.1. The number of hydrogen-bond acceptors (Lipinski definition) is 4. The number of aryl methyl sites for hydroxylation is 1. The Hall–Kier alpha value is -3.67. The summed E-state index contributed by atoms with van der Waals surface area (Å²) in [4.78, 5) is 40.1. The molecule has 0 N–H and O–H groups in total. The molecular formula is C28H32N2O4. The number of ketones is 1. The zero-order valence-corrected chi connectivity index (χ0v) is 20.7. The minimum atomic E-state index is -0.629. The summed E-state index contributed by atoms with van der Waals surface area (Å²) < 4.78 is 6.97. The summed E-state index contributed by atoms with van der Waals surface area (Å²) in [5.41, 5.74) is 2.36. The van der Waals surface area contributed by atoms with Crippen molar-refractivity contribution in [3.05, 3.63) is 77.5 Å². The van der Waals surface area contributed by atoms with Crippen molar-refractivity contribution in [2.75, 3.05) is 6.54 Å². The van der Waals surface area contributed by atoms with Crippen LogP contribution in [0.15, 0.2) is 60.8 Å². The van der Waals surface area contributed by atoms with Gasteiger partial charge in [0.05, 0.1) is 12.1 Å². The molecule has 6 nitrogen and oxygen atoms in total. The molecule has 0 spiro atoms. The van der Waals surface area contributed by atoms with Gasteiger partial charge in [-0.1, -0.05) is 42.0 Å². The number of aromatic nitrogens is 1. The molecule has 0 saturated heterocycles. The van der Waals surface area contributed by atoms with Crippen molar-refractivity contribution in [2.45, 2.75) is 53.2 Å². The van der Waals surface area contributed by atoms with Gasteiger partial charge in [-0.05, 0) is 59.8 Å². The van der Waals surface area contributed by atoms with E-state index >= 15 is 0 Å². The van der Waals surface area contributed by atoms with E-state index < -0.39 is 11.7 Å². The lowest BCUT2D eigenvalue weighted by molar-refractivity contribution is -0.127. The maximum absolute atomic E-state index is 13.0. The highest BCUT2D eigenvalue weighted by Crippen LogP contribution is 2.24. The van der Waals surface area contributed by atoms with Gasteiger partial charge < -0.3 is 9.64 Å². The third-order valence-electron chi connectivity index (χ3n) is 5.30. The minimum Gasteiger partial charge on any atom is -0.443 e. The highest BCUT2D eigenvalue weighted by atomic mass is 16.6. The van der Waals surface area contributed by atoms with Crippen LogP contribution in [0.25, 0.3) is 17.0 Å². The zero-order chi connectivity index (χ0) is 25.0. The molecular weight excluding hydrogens is 428 g/mol. The van der Waals surface area contributed by atoms with Gasteiger partial charge in [0.1, 0.15) is 5.60 Å². The van der Waals surface area contributed by atoms with Crippen molar-refractivity contribution < 1.29 is 19.1 Å². The monoisotopic (exact) mass is 460 g/mol.